The van der Waals surface area contributed by atoms with Crippen LogP contribution in [0, 0.1) is 11.6 Å². The highest BCUT2D eigenvalue weighted by Crippen LogP contribution is 2.30. The van der Waals surface area contributed by atoms with E-state index in [0.717, 1.165) is 24.3 Å². The Kier molecular flexibility index (Phi) is 8.58. The van der Waals surface area contributed by atoms with Gasteiger partial charge in [-0.05, 0) is 69.0 Å². The zero-order valence-corrected chi connectivity index (χ0v) is 21.4. The molecule has 38 heavy (non-hydrogen) atoms. The lowest BCUT2D eigenvalue weighted by Crippen LogP contribution is -2.30. The topological polar surface area (TPSA) is 76.0 Å². The molecule has 204 valence electrons. The van der Waals surface area contributed by atoms with Crippen molar-refractivity contribution in [2.45, 2.75) is 58.2 Å². The first-order chi connectivity index (χ1) is 17.6. The van der Waals surface area contributed by atoms with Crippen molar-refractivity contribution in [2.75, 3.05) is 11.9 Å². The normalized spacial score (nSPS) is 12.8. The number of alkyl halides is 3. The van der Waals surface area contributed by atoms with Crippen LogP contribution in [0.3, 0.4) is 0 Å². The predicted molar refractivity (Wildman–Crippen MR) is 133 cm³/mol. The Morgan fingerprint density at radius 2 is 1.66 bits per heavy atom. The number of carbonyl (C=O) groups is 2. The predicted octanol–water partition coefficient (Wildman–Crippen LogP) is 6.04. The Balaban J connectivity index is 1.64. The number of benzene rings is 2. The summed E-state index contributed by atoms with van der Waals surface area (Å²) in [4.78, 5) is 24.8. The number of amides is 2. The molecule has 0 spiro atoms. The maximum absolute atomic E-state index is 13.6. The van der Waals surface area contributed by atoms with Gasteiger partial charge in [0, 0.05) is 30.7 Å². The second kappa shape index (κ2) is 11.3. The molecule has 1 atom stereocenters. The van der Waals surface area contributed by atoms with Gasteiger partial charge in [-0.1, -0.05) is 13.0 Å². The van der Waals surface area contributed by atoms with E-state index in [9.17, 15) is 31.5 Å². The van der Waals surface area contributed by atoms with Crippen LogP contribution in [0.25, 0.3) is 0 Å². The Hall–Kier alpha value is -3.76. The average molecular weight is 537 g/mol. The minimum Gasteiger partial charge on any atom is -0.352 e. The molecule has 6 nitrogen and oxygen atoms in total. The molecule has 0 saturated carbocycles. The van der Waals surface area contributed by atoms with Crippen LogP contribution in [0.1, 0.15) is 67.2 Å². The molecule has 1 heterocycles. The molecule has 2 N–H and O–H groups in total. The van der Waals surface area contributed by atoms with Gasteiger partial charge < -0.3 is 10.6 Å². The quantitative estimate of drug-likeness (QED) is 0.345. The van der Waals surface area contributed by atoms with Gasteiger partial charge in [-0.25, -0.2) is 13.5 Å². The van der Waals surface area contributed by atoms with E-state index in [1.165, 1.54) is 18.2 Å². The minimum atomic E-state index is -4.57. The van der Waals surface area contributed by atoms with Crippen LogP contribution in [0.2, 0.25) is 0 Å². The molecular formula is C27H29F5N4O2. The monoisotopic (exact) mass is 536 g/mol. The number of hydrogen-bond donors (Lipinski definition) is 2. The molecule has 0 bridgehead atoms. The highest BCUT2D eigenvalue weighted by atomic mass is 19.4. The lowest BCUT2D eigenvalue weighted by Gasteiger charge is -2.22. The largest absolute Gasteiger partial charge is 0.416 e. The van der Waals surface area contributed by atoms with Gasteiger partial charge in [0.1, 0.15) is 17.5 Å². The summed E-state index contributed by atoms with van der Waals surface area (Å²) < 4.78 is 67.5. The fourth-order valence-electron chi connectivity index (χ4n) is 3.86. The van der Waals surface area contributed by atoms with Crippen molar-refractivity contribution in [2.24, 2.45) is 0 Å². The second-order valence-corrected chi connectivity index (χ2v) is 10.0. The van der Waals surface area contributed by atoms with Crippen LogP contribution >= 0.6 is 0 Å². The first-order valence-electron chi connectivity index (χ1n) is 11.9. The number of halogens is 5. The molecule has 0 aliphatic rings. The number of anilines is 1. The molecule has 3 rings (SSSR count). The second-order valence-electron chi connectivity index (χ2n) is 10.0. The van der Waals surface area contributed by atoms with Crippen molar-refractivity contribution in [3.63, 3.8) is 0 Å². The van der Waals surface area contributed by atoms with Crippen molar-refractivity contribution in [1.29, 1.82) is 0 Å². The number of aromatic nitrogens is 2. The minimum absolute atomic E-state index is 0.0976. The average Bonchev–Trinajstić information content (AvgIpc) is 3.20. The lowest BCUT2D eigenvalue weighted by molar-refractivity contribution is -0.137. The summed E-state index contributed by atoms with van der Waals surface area (Å²) in [5.41, 5.74) is -0.526. The van der Waals surface area contributed by atoms with Crippen molar-refractivity contribution >= 4 is 17.6 Å². The van der Waals surface area contributed by atoms with E-state index in [-0.39, 0.29) is 24.4 Å². The van der Waals surface area contributed by atoms with E-state index in [0.29, 0.717) is 23.5 Å². The molecule has 0 saturated heterocycles. The number of rotatable bonds is 8. The van der Waals surface area contributed by atoms with Gasteiger partial charge in [-0.15, -0.1) is 0 Å². The zero-order valence-electron chi connectivity index (χ0n) is 21.4. The summed E-state index contributed by atoms with van der Waals surface area (Å²) in [6.07, 6.45) is -4.34. The molecule has 0 aliphatic carbocycles. The van der Waals surface area contributed by atoms with Gasteiger partial charge >= 0.3 is 6.18 Å². The third-order valence-corrected chi connectivity index (χ3v) is 5.72. The zero-order chi connectivity index (χ0) is 28.3. The van der Waals surface area contributed by atoms with E-state index in [1.54, 1.807) is 10.7 Å². The maximum atomic E-state index is 13.6. The first-order valence-corrected chi connectivity index (χ1v) is 11.9. The molecule has 1 aromatic heterocycles. The Morgan fingerprint density at radius 1 is 1.00 bits per heavy atom. The molecule has 2 amide bonds. The molecule has 1 unspecified atom stereocenters. The summed E-state index contributed by atoms with van der Waals surface area (Å²) in [7, 11) is 0. The van der Waals surface area contributed by atoms with Crippen molar-refractivity contribution in [3.05, 3.63) is 82.5 Å². The van der Waals surface area contributed by atoms with Crippen LogP contribution in [0.5, 0.6) is 0 Å². The van der Waals surface area contributed by atoms with E-state index < -0.39 is 40.7 Å². The third-order valence-electron chi connectivity index (χ3n) is 5.72. The fourth-order valence-corrected chi connectivity index (χ4v) is 3.86. The van der Waals surface area contributed by atoms with Gasteiger partial charge in [0.2, 0.25) is 5.91 Å². The molecular weight excluding hydrogens is 507 g/mol. The summed E-state index contributed by atoms with van der Waals surface area (Å²) >= 11 is 0. The van der Waals surface area contributed by atoms with Crippen LogP contribution in [-0.4, -0.2) is 28.1 Å². The Bertz CT molecular complexity index is 1290. The number of hydrogen-bond acceptors (Lipinski definition) is 3. The number of nitrogens with one attached hydrogen (secondary N) is 2. The summed E-state index contributed by atoms with van der Waals surface area (Å²) in [5.74, 6) is -2.35. The van der Waals surface area contributed by atoms with E-state index in [2.05, 4.69) is 15.7 Å². The SMILES string of the molecule is CC(Cc1cc(NC(=O)CCNC(=O)c2cccc(C(F)(F)F)c2)n(C(C)(C)C)n1)c1cc(F)cc(F)c1. The molecule has 0 fully saturated rings. The van der Waals surface area contributed by atoms with E-state index in [4.69, 9.17) is 0 Å². The molecule has 3 aromatic rings. The van der Waals surface area contributed by atoms with E-state index in [1.807, 2.05) is 27.7 Å². The van der Waals surface area contributed by atoms with Gasteiger partial charge in [-0.3, -0.25) is 9.59 Å². The smallest absolute Gasteiger partial charge is 0.352 e. The Labute approximate surface area is 217 Å². The first kappa shape index (κ1) is 28.8. The van der Waals surface area contributed by atoms with Crippen molar-refractivity contribution in [1.82, 2.24) is 15.1 Å². The standard InChI is InChI=1S/C27H29F5N4O2/c1-16(18-12-20(28)14-21(29)13-18)10-22-15-23(36(35-22)26(2,3)4)34-24(37)8-9-33-25(38)17-6-5-7-19(11-17)27(30,31)32/h5-7,11-16H,8-10H2,1-4H3,(H,33,38)(H,34,37). The molecule has 11 heteroatoms. The lowest BCUT2D eigenvalue weighted by atomic mass is 9.96. The van der Waals surface area contributed by atoms with Crippen LogP contribution in [0.4, 0.5) is 27.8 Å². The molecule has 2 aromatic carbocycles. The highest BCUT2D eigenvalue weighted by molar-refractivity contribution is 5.95. The Morgan fingerprint density at radius 3 is 2.26 bits per heavy atom. The van der Waals surface area contributed by atoms with Gasteiger partial charge in [0.25, 0.3) is 5.91 Å². The summed E-state index contributed by atoms with van der Waals surface area (Å²) in [5, 5.41) is 9.77. The van der Waals surface area contributed by atoms with Gasteiger partial charge in [0.05, 0.1) is 16.8 Å². The highest BCUT2D eigenvalue weighted by Gasteiger charge is 2.31. The van der Waals surface area contributed by atoms with Crippen molar-refractivity contribution in [3.8, 4) is 0 Å². The third kappa shape index (κ3) is 7.62. The summed E-state index contributed by atoms with van der Waals surface area (Å²) in [6, 6.07) is 9.03. The fraction of sp³-hybridized carbons (Fsp3) is 0.370. The van der Waals surface area contributed by atoms with Crippen LogP contribution in [0.15, 0.2) is 48.5 Å². The molecule has 0 aliphatic heterocycles. The van der Waals surface area contributed by atoms with Crippen LogP contribution < -0.4 is 10.6 Å². The maximum Gasteiger partial charge on any atom is 0.416 e. The molecule has 0 radical (unpaired) electrons. The number of carbonyl (C=O) groups excluding carboxylic acids is 2. The number of nitrogens with zero attached hydrogens (tertiary/aromatic N) is 2. The van der Waals surface area contributed by atoms with E-state index >= 15 is 0 Å². The summed E-state index contributed by atoms with van der Waals surface area (Å²) in [6.45, 7) is 7.38. The van der Waals surface area contributed by atoms with Gasteiger partial charge in [-0.2, -0.15) is 18.3 Å². The van der Waals surface area contributed by atoms with Crippen molar-refractivity contribution < 1.29 is 31.5 Å². The van der Waals surface area contributed by atoms with Gasteiger partial charge in [0.15, 0.2) is 0 Å². The van der Waals surface area contributed by atoms with Crippen LogP contribution in [-0.2, 0) is 22.9 Å².